The highest BCUT2D eigenvalue weighted by Gasteiger charge is 2.19. The lowest BCUT2D eigenvalue weighted by Gasteiger charge is -2.12. The Morgan fingerprint density at radius 1 is 1.42 bits per heavy atom. The first-order valence-electron chi connectivity index (χ1n) is 6.40. The Morgan fingerprint density at radius 3 is 2.68 bits per heavy atom. The lowest BCUT2D eigenvalue weighted by Crippen LogP contribution is -2.14. The van der Waals surface area contributed by atoms with Crippen molar-refractivity contribution in [3.05, 3.63) is 33.9 Å². The molecular weight excluding hydrogens is 246 g/mol. The first kappa shape index (κ1) is 13.3. The number of nitrogens with zero attached hydrogens (tertiary/aromatic N) is 1. The van der Waals surface area contributed by atoms with E-state index in [0.29, 0.717) is 11.6 Å². The summed E-state index contributed by atoms with van der Waals surface area (Å²) in [4.78, 5) is 21.5. The number of nitrogens with two attached hydrogens (primary N) is 1. The number of anilines is 1. The van der Waals surface area contributed by atoms with Gasteiger partial charge in [0.15, 0.2) is 0 Å². The molecule has 1 amide bonds. The highest BCUT2D eigenvalue weighted by atomic mass is 16.6. The molecule has 2 rings (SSSR count). The van der Waals surface area contributed by atoms with Crippen molar-refractivity contribution in [3.63, 3.8) is 0 Å². The molecule has 1 saturated carbocycles. The normalized spacial score (nSPS) is 15.4. The first-order valence-corrected chi connectivity index (χ1v) is 6.40. The first-order chi connectivity index (χ1) is 9.08. The molecule has 0 spiro atoms. The van der Waals surface area contributed by atoms with Crippen LogP contribution in [0, 0.1) is 16.0 Å². The maximum atomic E-state index is 11.0. The smallest absolute Gasteiger partial charge is 0.293 e. The van der Waals surface area contributed by atoms with Crippen molar-refractivity contribution in [2.24, 2.45) is 11.7 Å². The number of amides is 1. The van der Waals surface area contributed by atoms with Gasteiger partial charge in [0.05, 0.1) is 4.92 Å². The van der Waals surface area contributed by atoms with Gasteiger partial charge in [-0.1, -0.05) is 12.8 Å². The molecule has 0 radical (unpaired) electrons. The zero-order valence-corrected chi connectivity index (χ0v) is 10.6. The lowest BCUT2D eigenvalue weighted by molar-refractivity contribution is -0.384. The van der Waals surface area contributed by atoms with Gasteiger partial charge in [-0.2, -0.15) is 0 Å². The Labute approximate surface area is 111 Å². The predicted octanol–water partition coefficient (Wildman–Crippen LogP) is 2.30. The Hall–Kier alpha value is -2.11. The van der Waals surface area contributed by atoms with Crippen molar-refractivity contribution < 1.29 is 9.72 Å². The van der Waals surface area contributed by atoms with E-state index in [9.17, 15) is 14.9 Å². The second kappa shape index (κ2) is 5.69. The molecule has 0 aromatic heterocycles. The molecule has 1 aliphatic rings. The molecule has 1 aromatic rings. The summed E-state index contributed by atoms with van der Waals surface area (Å²) in [5.41, 5.74) is 5.62. The van der Waals surface area contributed by atoms with E-state index in [0.717, 1.165) is 6.54 Å². The highest BCUT2D eigenvalue weighted by Crippen LogP contribution is 2.28. The molecule has 19 heavy (non-hydrogen) atoms. The monoisotopic (exact) mass is 263 g/mol. The van der Waals surface area contributed by atoms with Crippen LogP contribution in [0.4, 0.5) is 11.4 Å². The molecule has 0 heterocycles. The van der Waals surface area contributed by atoms with Crippen molar-refractivity contribution in [3.8, 4) is 0 Å². The standard InChI is InChI=1S/C13H17N3O3/c14-13(17)10-5-6-11(12(7-10)16(18)19)15-8-9-3-1-2-4-9/h5-7,9,15H,1-4,8H2,(H2,14,17). The maximum Gasteiger partial charge on any atom is 0.293 e. The van der Waals surface area contributed by atoms with Crippen LogP contribution in [-0.2, 0) is 0 Å². The number of nitrogens with one attached hydrogen (secondary N) is 1. The fraction of sp³-hybridized carbons (Fsp3) is 0.462. The van der Waals surface area contributed by atoms with Crippen LogP contribution >= 0.6 is 0 Å². The summed E-state index contributed by atoms with van der Waals surface area (Å²) in [5.74, 6) is -0.0825. The van der Waals surface area contributed by atoms with Crippen LogP contribution in [-0.4, -0.2) is 17.4 Å². The van der Waals surface area contributed by atoms with Crippen LogP contribution in [0.1, 0.15) is 36.0 Å². The molecule has 0 unspecified atom stereocenters. The third-order valence-electron chi connectivity index (χ3n) is 3.53. The third-order valence-corrected chi connectivity index (χ3v) is 3.53. The van der Waals surface area contributed by atoms with Gasteiger partial charge in [-0.15, -0.1) is 0 Å². The van der Waals surface area contributed by atoms with Crippen molar-refractivity contribution in [1.82, 2.24) is 0 Å². The number of benzene rings is 1. The summed E-state index contributed by atoms with van der Waals surface area (Å²) in [6.45, 7) is 0.733. The van der Waals surface area contributed by atoms with E-state index in [1.165, 1.54) is 37.8 Å². The summed E-state index contributed by atoms with van der Waals surface area (Å²) >= 11 is 0. The molecule has 6 nitrogen and oxygen atoms in total. The zero-order valence-electron chi connectivity index (χ0n) is 10.6. The average molecular weight is 263 g/mol. The summed E-state index contributed by atoms with van der Waals surface area (Å²) in [6, 6.07) is 4.28. The second-order valence-electron chi connectivity index (χ2n) is 4.88. The van der Waals surface area contributed by atoms with Gasteiger partial charge in [0.2, 0.25) is 5.91 Å². The molecule has 0 atom stereocenters. The average Bonchev–Trinajstić information content (AvgIpc) is 2.89. The topological polar surface area (TPSA) is 98.3 Å². The fourth-order valence-electron chi connectivity index (χ4n) is 2.45. The summed E-state index contributed by atoms with van der Waals surface area (Å²) in [7, 11) is 0. The summed E-state index contributed by atoms with van der Waals surface area (Å²) in [6.07, 6.45) is 4.80. The van der Waals surface area contributed by atoms with E-state index in [-0.39, 0.29) is 11.3 Å². The Morgan fingerprint density at radius 2 is 2.11 bits per heavy atom. The molecule has 6 heteroatoms. The zero-order chi connectivity index (χ0) is 13.8. The van der Waals surface area contributed by atoms with Crippen LogP contribution < -0.4 is 11.1 Å². The van der Waals surface area contributed by atoms with Gasteiger partial charge in [0.1, 0.15) is 5.69 Å². The van der Waals surface area contributed by atoms with Gasteiger partial charge >= 0.3 is 0 Å². The van der Waals surface area contributed by atoms with E-state index in [1.54, 1.807) is 6.07 Å². The third kappa shape index (κ3) is 3.21. The van der Waals surface area contributed by atoms with Crippen LogP contribution in [0.3, 0.4) is 0 Å². The minimum atomic E-state index is -0.662. The minimum absolute atomic E-state index is 0.103. The largest absolute Gasteiger partial charge is 0.379 e. The van der Waals surface area contributed by atoms with Gasteiger partial charge in [-0.05, 0) is 30.9 Å². The van der Waals surface area contributed by atoms with Gasteiger partial charge < -0.3 is 11.1 Å². The number of nitro groups is 1. The molecule has 102 valence electrons. The number of hydrogen-bond acceptors (Lipinski definition) is 4. The molecule has 1 fully saturated rings. The molecule has 0 aliphatic heterocycles. The second-order valence-corrected chi connectivity index (χ2v) is 4.88. The van der Waals surface area contributed by atoms with Gasteiger partial charge in [0, 0.05) is 18.2 Å². The van der Waals surface area contributed by atoms with Gasteiger partial charge in [-0.3, -0.25) is 14.9 Å². The quantitative estimate of drug-likeness (QED) is 0.629. The molecular formula is C13H17N3O3. The molecule has 0 bridgehead atoms. The Kier molecular flexibility index (Phi) is 3.99. The van der Waals surface area contributed by atoms with Gasteiger partial charge in [0.25, 0.3) is 5.69 Å². The number of carbonyl (C=O) groups is 1. The van der Waals surface area contributed by atoms with Gasteiger partial charge in [-0.25, -0.2) is 0 Å². The summed E-state index contributed by atoms with van der Waals surface area (Å²) in [5, 5.41) is 14.1. The number of carbonyl (C=O) groups excluding carboxylic acids is 1. The molecule has 1 aromatic carbocycles. The molecule has 0 saturated heterocycles. The lowest BCUT2D eigenvalue weighted by atomic mass is 10.1. The maximum absolute atomic E-state index is 11.0. The Balaban J connectivity index is 2.14. The number of nitro benzene ring substituents is 1. The van der Waals surface area contributed by atoms with E-state index >= 15 is 0 Å². The van der Waals surface area contributed by atoms with Crippen LogP contribution in [0.2, 0.25) is 0 Å². The SMILES string of the molecule is NC(=O)c1ccc(NCC2CCCC2)c([N+](=O)[O-])c1. The highest BCUT2D eigenvalue weighted by molar-refractivity contribution is 5.94. The van der Waals surface area contributed by atoms with E-state index in [4.69, 9.17) is 5.73 Å². The van der Waals surface area contributed by atoms with E-state index < -0.39 is 10.8 Å². The number of hydrogen-bond donors (Lipinski definition) is 2. The number of rotatable bonds is 5. The van der Waals surface area contributed by atoms with Crippen LogP contribution in [0.5, 0.6) is 0 Å². The molecule has 1 aliphatic carbocycles. The van der Waals surface area contributed by atoms with Crippen molar-refractivity contribution >= 4 is 17.3 Å². The van der Waals surface area contributed by atoms with E-state index in [1.807, 2.05) is 0 Å². The van der Waals surface area contributed by atoms with Crippen molar-refractivity contribution in [2.45, 2.75) is 25.7 Å². The van der Waals surface area contributed by atoms with E-state index in [2.05, 4.69) is 5.32 Å². The summed E-state index contributed by atoms with van der Waals surface area (Å²) < 4.78 is 0. The van der Waals surface area contributed by atoms with Crippen molar-refractivity contribution in [2.75, 3.05) is 11.9 Å². The fourth-order valence-corrected chi connectivity index (χ4v) is 2.45. The Bertz CT molecular complexity index is 496. The number of primary amides is 1. The minimum Gasteiger partial charge on any atom is -0.379 e. The molecule has 3 N–H and O–H groups in total. The van der Waals surface area contributed by atoms with Crippen LogP contribution in [0.15, 0.2) is 18.2 Å². The van der Waals surface area contributed by atoms with Crippen molar-refractivity contribution in [1.29, 1.82) is 0 Å². The van der Waals surface area contributed by atoms with Crippen LogP contribution in [0.25, 0.3) is 0 Å². The predicted molar refractivity (Wildman–Crippen MR) is 72.1 cm³/mol.